The van der Waals surface area contributed by atoms with Gasteiger partial charge in [0, 0.05) is 6.54 Å². The molecule has 0 aromatic heterocycles. The topological polar surface area (TPSA) is 71.3 Å². The van der Waals surface area contributed by atoms with Gasteiger partial charge < -0.3 is 14.8 Å². The number of carbonyl (C=O) groups excluding carboxylic acids is 1. The minimum atomic E-state index is -0.405. The second-order valence-corrected chi connectivity index (χ2v) is 6.48. The van der Waals surface area contributed by atoms with Gasteiger partial charge in [-0.2, -0.15) is 5.26 Å². The molecule has 0 heterocycles. The molecule has 2 aromatic carbocycles. The lowest BCUT2D eigenvalue weighted by atomic mass is 10.1. The van der Waals surface area contributed by atoms with Gasteiger partial charge in [0.1, 0.15) is 11.6 Å². The van der Waals surface area contributed by atoms with Crippen molar-refractivity contribution in [1.29, 1.82) is 5.26 Å². The summed E-state index contributed by atoms with van der Waals surface area (Å²) in [5.41, 5.74) is 1.82. The SMILES string of the molecule is CCOc1c(Br)cc(/C=C(/C#N)C(=O)NCCc2ccccc2)cc1OC. The minimum absolute atomic E-state index is 0.0289. The van der Waals surface area contributed by atoms with Crippen LogP contribution >= 0.6 is 15.9 Å². The largest absolute Gasteiger partial charge is 0.493 e. The predicted molar refractivity (Wildman–Crippen MR) is 109 cm³/mol. The maximum absolute atomic E-state index is 12.3. The van der Waals surface area contributed by atoms with E-state index < -0.39 is 5.91 Å². The molecule has 1 amide bonds. The lowest BCUT2D eigenvalue weighted by Gasteiger charge is -2.12. The Hall–Kier alpha value is -2.78. The molecule has 0 spiro atoms. The van der Waals surface area contributed by atoms with Crippen LogP contribution in [0.1, 0.15) is 18.1 Å². The number of nitrogens with zero attached hydrogens (tertiary/aromatic N) is 1. The molecule has 0 unspecified atom stereocenters. The molecule has 0 atom stereocenters. The van der Waals surface area contributed by atoms with Crippen LogP contribution in [0.15, 0.2) is 52.5 Å². The van der Waals surface area contributed by atoms with Crippen LogP contribution in [-0.4, -0.2) is 26.2 Å². The fourth-order valence-corrected chi connectivity index (χ4v) is 3.06. The summed E-state index contributed by atoms with van der Waals surface area (Å²) in [7, 11) is 1.54. The number of nitrogens with one attached hydrogen (secondary N) is 1. The number of carbonyl (C=O) groups is 1. The van der Waals surface area contributed by atoms with Gasteiger partial charge in [0.2, 0.25) is 0 Å². The summed E-state index contributed by atoms with van der Waals surface area (Å²) in [6, 6.07) is 15.3. The summed E-state index contributed by atoms with van der Waals surface area (Å²) in [5, 5.41) is 12.1. The number of hydrogen-bond acceptors (Lipinski definition) is 4. The standard InChI is InChI=1S/C21H21BrN2O3/c1-3-27-20-18(22)12-16(13-19(20)26-2)11-17(14-23)21(25)24-10-9-15-7-5-4-6-8-15/h4-8,11-13H,3,9-10H2,1-2H3,(H,24,25)/b17-11-. The molecule has 27 heavy (non-hydrogen) atoms. The molecule has 0 saturated carbocycles. The van der Waals surface area contributed by atoms with Crippen LogP contribution < -0.4 is 14.8 Å². The van der Waals surface area contributed by atoms with Crippen molar-refractivity contribution in [2.24, 2.45) is 0 Å². The molecule has 140 valence electrons. The second kappa shape index (κ2) is 10.4. The van der Waals surface area contributed by atoms with Gasteiger partial charge in [0.05, 0.1) is 18.2 Å². The van der Waals surface area contributed by atoms with Crippen molar-refractivity contribution in [2.75, 3.05) is 20.3 Å². The molecule has 6 heteroatoms. The number of methoxy groups -OCH3 is 1. The van der Waals surface area contributed by atoms with E-state index in [-0.39, 0.29) is 5.57 Å². The van der Waals surface area contributed by atoms with Crippen molar-refractivity contribution in [3.8, 4) is 17.6 Å². The van der Waals surface area contributed by atoms with E-state index in [1.165, 1.54) is 6.08 Å². The Labute approximate surface area is 167 Å². The highest BCUT2D eigenvalue weighted by Crippen LogP contribution is 2.37. The Balaban J connectivity index is 2.11. The predicted octanol–water partition coefficient (Wildman–Crippen LogP) is 4.12. The van der Waals surface area contributed by atoms with Gasteiger partial charge in [-0.05, 0) is 58.6 Å². The van der Waals surface area contributed by atoms with E-state index in [1.807, 2.05) is 43.3 Å². The maximum atomic E-state index is 12.3. The van der Waals surface area contributed by atoms with Crippen molar-refractivity contribution >= 4 is 27.9 Å². The van der Waals surface area contributed by atoms with E-state index in [4.69, 9.17) is 9.47 Å². The highest BCUT2D eigenvalue weighted by Gasteiger charge is 2.13. The Bertz CT molecular complexity index is 858. The Morgan fingerprint density at radius 1 is 1.30 bits per heavy atom. The van der Waals surface area contributed by atoms with E-state index in [1.54, 1.807) is 19.2 Å². The molecule has 0 fully saturated rings. The molecular weight excluding hydrogens is 408 g/mol. The van der Waals surface area contributed by atoms with Crippen molar-refractivity contribution in [3.63, 3.8) is 0 Å². The third-order valence-electron chi connectivity index (χ3n) is 3.76. The molecular formula is C21H21BrN2O3. The molecule has 0 bridgehead atoms. The lowest BCUT2D eigenvalue weighted by molar-refractivity contribution is -0.117. The summed E-state index contributed by atoms with van der Waals surface area (Å²) >= 11 is 3.44. The van der Waals surface area contributed by atoms with Gasteiger partial charge in [-0.3, -0.25) is 4.79 Å². The Kier molecular flexibility index (Phi) is 7.90. The van der Waals surface area contributed by atoms with Gasteiger partial charge in [0.15, 0.2) is 11.5 Å². The van der Waals surface area contributed by atoms with Crippen LogP contribution in [0.4, 0.5) is 0 Å². The molecule has 2 aromatic rings. The van der Waals surface area contributed by atoms with Crippen LogP contribution in [-0.2, 0) is 11.2 Å². The molecule has 5 nitrogen and oxygen atoms in total. The monoisotopic (exact) mass is 428 g/mol. The highest BCUT2D eigenvalue weighted by atomic mass is 79.9. The fraction of sp³-hybridized carbons (Fsp3) is 0.238. The van der Waals surface area contributed by atoms with Crippen molar-refractivity contribution in [1.82, 2.24) is 5.32 Å². The fourth-order valence-electron chi connectivity index (χ4n) is 2.48. The zero-order valence-electron chi connectivity index (χ0n) is 15.3. The third-order valence-corrected chi connectivity index (χ3v) is 4.35. The number of ether oxygens (including phenoxy) is 2. The van der Waals surface area contributed by atoms with Crippen molar-refractivity contribution in [3.05, 3.63) is 63.6 Å². The van der Waals surface area contributed by atoms with Crippen molar-refractivity contribution in [2.45, 2.75) is 13.3 Å². The Morgan fingerprint density at radius 2 is 2.04 bits per heavy atom. The number of benzene rings is 2. The maximum Gasteiger partial charge on any atom is 0.261 e. The number of rotatable bonds is 8. The first kappa shape index (κ1) is 20.5. The summed E-state index contributed by atoms with van der Waals surface area (Å²) < 4.78 is 11.6. The number of hydrogen-bond donors (Lipinski definition) is 1. The van der Waals surface area contributed by atoms with E-state index in [0.717, 1.165) is 5.56 Å². The van der Waals surface area contributed by atoms with Crippen LogP contribution in [0.5, 0.6) is 11.5 Å². The summed E-state index contributed by atoms with van der Waals surface area (Å²) in [6.45, 7) is 2.84. The molecule has 0 aliphatic rings. The van der Waals surface area contributed by atoms with E-state index in [2.05, 4.69) is 21.2 Å². The van der Waals surface area contributed by atoms with E-state index >= 15 is 0 Å². The molecule has 0 saturated heterocycles. The van der Waals surface area contributed by atoms with Crippen molar-refractivity contribution < 1.29 is 14.3 Å². The molecule has 1 N–H and O–H groups in total. The average molecular weight is 429 g/mol. The minimum Gasteiger partial charge on any atom is -0.493 e. The molecule has 0 aliphatic heterocycles. The zero-order valence-corrected chi connectivity index (χ0v) is 16.9. The van der Waals surface area contributed by atoms with E-state index in [0.29, 0.717) is 41.1 Å². The first-order chi connectivity index (χ1) is 13.1. The molecule has 0 radical (unpaired) electrons. The average Bonchev–Trinajstić information content (AvgIpc) is 2.68. The second-order valence-electron chi connectivity index (χ2n) is 5.63. The van der Waals surface area contributed by atoms with Gasteiger partial charge >= 0.3 is 0 Å². The van der Waals surface area contributed by atoms with Gasteiger partial charge in [-0.1, -0.05) is 30.3 Å². The van der Waals surface area contributed by atoms with Gasteiger partial charge in [0.25, 0.3) is 5.91 Å². The van der Waals surface area contributed by atoms with Gasteiger partial charge in [-0.15, -0.1) is 0 Å². The zero-order chi connectivity index (χ0) is 19.6. The normalized spacial score (nSPS) is 10.8. The first-order valence-corrected chi connectivity index (χ1v) is 9.32. The third kappa shape index (κ3) is 5.87. The molecule has 2 rings (SSSR count). The summed E-state index contributed by atoms with van der Waals surface area (Å²) in [4.78, 5) is 12.3. The van der Waals surface area contributed by atoms with Crippen LogP contribution in [0, 0.1) is 11.3 Å². The van der Waals surface area contributed by atoms with Crippen LogP contribution in [0.2, 0.25) is 0 Å². The first-order valence-electron chi connectivity index (χ1n) is 8.53. The Morgan fingerprint density at radius 3 is 2.67 bits per heavy atom. The lowest BCUT2D eigenvalue weighted by Crippen LogP contribution is -2.26. The quantitative estimate of drug-likeness (QED) is 0.506. The number of halogens is 1. The van der Waals surface area contributed by atoms with Gasteiger partial charge in [-0.25, -0.2) is 0 Å². The van der Waals surface area contributed by atoms with Crippen LogP contribution in [0.3, 0.4) is 0 Å². The number of amides is 1. The number of nitriles is 1. The summed E-state index contributed by atoms with van der Waals surface area (Å²) in [6.07, 6.45) is 2.23. The smallest absolute Gasteiger partial charge is 0.261 e. The summed E-state index contributed by atoms with van der Waals surface area (Å²) in [5.74, 6) is 0.708. The van der Waals surface area contributed by atoms with Crippen LogP contribution in [0.25, 0.3) is 6.08 Å². The van der Waals surface area contributed by atoms with E-state index in [9.17, 15) is 10.1 Å². The highest BCUT2D eigenvalue weighted by molar-refractivity contribution is 9.10. The molecule has 0 aliphatic carbocycles.